The second-order valence-electron chi connectivity index (χ2n) is 4.94. The topological polar surface area (TPSA) is 26.3 Å². The summed E-state index contributed by atoms with van der Waals surface area (Å²) < 4.78 is 5.28. The molecule has 0 bridgehead atoms. The molecule has 0 amide bonds. The molecule has 0 unspecified atom stereocenters. The quantitative estimate of drug-likeness (QED) is 0.513. The lowest BCUT2D eigenvalue weighted by atomic mass is 10.0. The molecule has 0 spiro atoms. The molecule has 2 nitrogen and oxygen atoms in total. The smallest absolute Gasteiger partial charge is 0.305 e. The fourth-order valence-electron chi connectivity index (χ4n) is 1.90. The number of carbonyl (C=O) groups excluding carboxylic acids is 1. The van der Waals surface area contributed by atoms with E-state index in [0.717, 1.165) is 25.7 Å². The predicted octanol–water partition coefficient (Wildman–Crippen LogP) is 3.99. The highest BCUT2D eigenvalue weighted by Gasteiger charge is 2.07. The largest absolute Gasteiger partial charge is 0.465 e. The summed E-state index contributed by atoms with van der Waals surface area (Å²) in [6, 6.07) is 10.3. The van der Waals surface area contributed by atoms with Crippen molar-refractivity contribution in [2.24, 2.45) is 5.92 Å². The van der Waals surface area contributed by atoms with Crippen LogP contribution in [0.3, 0.4) is 0 Å². The van der Waals surface area contributed by atoms with Gasteiger partial charge in [0, 0.05) is 6.42 Å². The van der Waals surface area contributed by atoms with Gasteiger partial charge in [0.15, 0.2) is 0 Å². The van der Waals surface area contributed by atoms with E-state index >= 15 is 0 Å². The van der Waals surface area contributed by atoms with Crippen molar-refractivity contribution in [1.82, 2.24) is 0 Å². The maximum absolute atomic E-state index is 11.5. The minimum absolute atomic E-state index is 0.0524. The summed E-state index contributed by atoms with van der Waals surface area (Å²) in [5.41, 5.74) is 1.30. The van der Waals surface area contributed by atoms with Crippen LogP contribution in [-0.2, 0) is 16.0 Å². The Hall–Kier alpha value is -1.31. The lowest BCUT2D eigenvalue weighted by molar-refractivity contribution is -0.145. The fourth-order valence-corrected chi connectivity index (χ4v) is 1.90. The zero-order valence-electron chi connectivity index (χ0n) is 11.5. The normalized spacial score (nSPS) is 12.1. The third kappa shape index (κ3) is 6.43. The third-order valence-electron chi connectivity index (χ3n) is 2.94. The molecule has 1 aromatic carbocycles. The van der Waals surface area contributed by atoms with Gasteiger partial charge in [-0.05, 0) is 24.3 Å². The van der Waals surface area contributed by atoms with Gasteiger partial charge in [-0.3, -0.25) is 4.79 Å². The minimum Gasteiger partial charge on any atom is -0.465 e. The van der Waals surface area contributed by atoms with Gasteiger partial charge in [-0.1, -0.05) is 57.0 Å². The number of hydrogen-bond acceptors (Lipinski definition) is 2. The Kier molecular flexibility index (Phi) is 7.16. The number of rotatable bonds is 8. The third-order valence-corrected chi connectivity index (χ3v) is 2.94. The van der Waals surface area contributed by atoms with Gasteiger partial charge in [0.2, 0.25) is 0 Å². The number of ether oxygens (including phenoxy) is 1. The first-order valence-corrected chi connectivity index (χ1v) is 6.92. The number of hydrogen-bond donors (Lipinski definition) is 0. The zero-order chi connectivity index (χ0) is 13.2. The molecule has 0 radical (unpaired) electrons. The number of esters is 1. The molecule has 2 heteroatoms. The Morgan fingerprint density at radius 3 is 2.61 bits per heavy atom. The Morgan fingerprint density at radius 1 is 1.22 bits per heavy atom. The molecule has 0 aliphatic carbocycles. The molecule has 0 saturated heterocycles. The van der Waals surface area contributed by atoms with Gasteiger partial charge in [-0.15, -0.1) is 0 Å². The van der Waals surface area contributed by atoms with Crippen LogP contribution in [0.4, 0.5) is 0 Å². The maximum atomic E-state index is 11.5. The van der Waals surface area contributed by atoms with Gasteiger partial charge >= 0.3 is 5.97 Å². The van der Waals surface area contributed by atoms with E-state index in [0.29, 0.717) is 18.9 Å². The highest BCUT2D eigenvalue weighted by Crippen LogP contribution is 2.09. The lowest BCUT2D eigenvalue weighted by Gasteiger charge is -2.12. The second-order valence-corrected chi connectivity index (χ2v) is 4.94. The van der Waals surface area contributed by atoms with E-state index in [-0.39, 0.29) is 5.97 Å². The summed E-state index contributed by atoms with van der Waals surface area (Å²) in [6.07, 6.45) is 4.71. The SMILES string of the molecule is CCCCCC(=O)OC[C@H](C)Cc1ccccc1. The van der Waals surface area contributed by atoms with Crippen molar-refractivity contribution in [3.8, 4) is 0 Å². The van der Waals surface area contributed by atoms with Gasteiger partial charge in [0.05, 0.1) is 6.61 Å². The monoisotopic (exact) mass is 248 g/mol. The number of carbonyl (C=O) groups is 1. The average molecular weight is 248 g/mol. The minimum atomic E-state index is -0.0524. The highest BCUT2D eigenvalue weighted by atomic mass is 16.5. The summed E-state index contributed by atoms with van der Waals surface area (Å²) >= 11 is 0. The molecule has 1 aromatic rings. The molecule has 1 rings (SSSR count). The van der Waals surface area contributed by atoms with Crippen molar-refractivity contribution in [3.05, 3.63) is 35.9 Å². The van der Waals surface area contributed by atoms with Gasteiger partial charge < -0.3 is 4.74 Å². The number of unbranched alkanes of at least 4 members (excludes halogenated alkanes) is 2. The lowest BCUT2D eigenvalue weighted by Crippen LogP contribution is -2.13. The van der Waals surface area contributed by atoms with Crippen molar-refractivity contribution >= 4 is 5.97 Å². The summed E-state index contributed by atoms with van der Waals surface area (Å²) in [4.78, 5) is 11.5. The summed E-state index contributed by atoms with van der Waals surface area (Å²) in [6.45, 7) is 4.78. The maximum Gasteiger partial charge on any atom is 0.305 e. The van der Waals surface area contributed by atoms with E-state index in [1.807, 2.05) is 18.2 Å². The summed E-state index contributed by atoms with van der Waals surface area (Å²) in [5, 5.41) is 0. The molecular weight excluding hydrogens is 224 g/mol. The van der Waals surface area contributed by atoms with Crippen LogP contribution >= 0.6 is 0 Å². The first kappa shape index (κ1) is 14.7. The Morgan fingerprint density at radius 2 is 1.94 bits per heavy atom. The molecule has 18 heavy (non-hydrogen) atoms. The van der Waals surface area contributed by atoms with E-state index in [4.69, 9.17) is 4.74 Å². The first-order valence-electron chi connectivity index (χ1n) is 6.92. The predicted molar refractivity (Wildman–Crippen MR) is 74.4 cm³/mol. The van der Waals surface area contributed by atoms with Gasteiger partial charge in [0.25, 0.3) is 0 Å². The molecule has 0 aliphatic rings. The van der Waals surface area contributed by atoms with Crippen LogP contribution in [0.2, 0.25) is 0 Å². The van der Waals surface area contributed by atoms with Crippen molar-refractivity contribution in [3.63, 3.8) is 0 Å². The van der Waals surface area contributed by atoms with Crippen LogP contribution in [-0.4, -0.2) is 12.6 Å². The highest BCUT2D eigenvalue weighted by molar-refractivity contribution is 5.69. The van der Waals surface area contributed by atoms with Crippen molar-refractivity contribution in [2.45, 2.75) is 46.0 Å². The van der Waals surface area contributed by atoms with Crippen LogP contribution in [0, 0.1) is 5.92 Å². The van der Waals surface area contributed by atoms with Crippen LogP contribution < -0.4 is 0 Å². The molecule has 0 aliphatic heterocycles. The van der Waals surface area contributed by atoms with Crippen LogP contribution in [0.1, 0.15) is 45.1 Å². The molecule has 0 fully saturated rings. The summed E-state index contributed by atoms with van der Waals surface area (Å²) in [7, 11) is 0. The Bertz CT molecular complexity index is 332. The van der Waals surface area contributed by atoms with Gasteiger partial charge in [-0.25, -0.2) is 0 Å². The van der Waals surface area contributed by atoms with E-state index in [2.05, 4.69) is 26.0 Å². The van der Waals surface area contributed by atoms with E-state index in [1.54, 1.807) is 0 Å². The van der Waals surface area contributed by atoms with Crippen molar-refractivity contribution in [2.75, 3.05) is 6.61 Å². The second kappa shape index (κ2) is 8.73. The molecule has 0 heterocycles. The molecule has 0 aromatic heterocycles. The van der Waals surface area contributed by atoms with Crippen molar-refractivity contribution in [1.29, 1.82) is 0 Å². The Labute approximate surface area is 110 Å². The number of benzene rings is 1. The van der Waals surface area contributed by atoms with E-state index in [1.165, 1.54) is 5.56 Å². The van der Waals surface area contributed by atoms with Gasteiger partial charge in [0.1, 0.15) is 0 Å². The van der Waals surface area contributed by atoms with Gasteiger partial charge in [-0.2, -0.15) is 0 Å². The molecule has 0 saturated carbocycles. The van der Waals surface area contributed by atoms with Crippen LogP contribution in [0.5, 0.6) is 0 Å². The standard InChI is InChI=1S/C16H24O2/c1-3-4-6-11-16(17)18-13-14(2)12-15-9-7-5-8-10-15/h5,7-10,14H,3-4,6,11-13H2,1-2H3/t14-/m1/s1. The van der Waals surface area contributed by atoms with E-state index < -0.39 is 0 Å². The first-order chi connectivity index (χ1) is 8.72. The Balaban J connectivity index is 2.17. The van der Waals surface area contributed by atoms with Crippen molar-refractivity contribution < 1.29 is 9.53 Å². The molecule has 1 atom stereocenters. The zero-order valence-corrected chi connectivity index (χ0v) is 11.5. The van der Waals surface area contributed by atoms with Crippen LogP contribution in [0.25, 0.3) is 0 Å². The summed E-state index contributed by atoms with van der Waals surface area (Å²) in [5.74, 6) is 0.325. The molecule has 0 N–H and O–H groups in total. The van der Waals surface area contributed by atoms with E-state index in [9.17, 15) is 4.79 Å². The fraction of sp³-hybridized carbons (Fsp3) is 0.562. The van der Waals surface area contributed by atoms with Crippen LogP contribution in [0.15, 0.2) is 30.3 Å². The molecule has 100 valence electrons. The molecular formula is C16H24O2. The average Bonchev–Trinajstić information content (AvgIpc) is 2.38.